The summed E-state index contributed by atoms with van der Waals surface area (Å²) >= 11 is 0. The molecule has 0 bridgehead atoms. The van der Waals surface area contributed by atoms with E-state index in [9.17, 15) is 4.79 Å². The zero-order valence-electron chi connectivity index (χ0n) is 11.7. The highest BCUT2D eigenvalue weighted by Crippen LogP contribution is 2.18. The van der Waals surface area contributed by atoms with Crippen molar-refractivity contribution in [2.24, 2.45) is 5.73 Å². The van der Waals surface area contributed by atoms with Crippen LogP contribution in [0.15, 0.2) is 48.5 Å². The van der Waals surface area contributed by atoms with E-state index < -0.39 is 0 Å². The first kappa shape index (κ1) is 14.1. The maximum Gasteiger partial charge on any atom is 0.249 e. The first-order valence-corrected chi connectivity index (χ1v) is 6.92. The maximum atomic E-state index is 11.4. The number of aryl methyl sites for hydroxylation is 1. The molecular weight excluding hydrogens is 248 g/mol. The van der Waals surface area contributed by atoms with Crippen molar-refractivity contribution in [1.82, 2.24) is 0 Å². The van der Waals surface area contributed by atoms with Gasteiger partial charge in [0.2, 0.25) is 5.91 Å². The summed E-state index contributed by atoms with van der Waals surface area (Å²) in [6, 6.07) is 15.7. The Morgan fingerprint density at radius 2 is 1.70 bits per heavy atom. The highest BCUT2D eigenvalue weighted by molar-refractivity contribution is 5.94. The fourth-order valence-electron chi connectivity index (χ4n) is 2.29. The minimum atomic E-state index is -0.385. The average molecular weight is 268 g/mol. The average Bonchev–Trinajstić information content (AvgIpc) is 2.47. The highest BCUT2D eigenvalue weighted by Gasteiger charge is 2.07. The van der Waals surface area contributed by atoms with Crippen molar-refractivity contribution < 1.29 is 4.79 Å². The molecule has 2 rings (SSSR count). The number of primary amides is 1. The van der Waals surface area contributed by atoms with Crippen LogP contribution >= 0.6 is 0 Å². The lowest BCUT2D eigenvalue weighted by atomic mass is 10.1. The molecule has 0 fully saturated rings. The number of carbonyl (C=O) groups is 1. The second kappa shape index (κ2) is 6.75. The number of rotatable bonds is 6. The summed E-state index contributed by atoms with van der Waals surface area (Å²) in [4.78, 5) is 11.4. The number of benzene rings is 2. The van der Waals surface area contributed by atoms with Crippen LogP contribution in [0, 0.1) is 0 Å². The molecule has 0 aliphatic carbocycles. The Bertz CT molecular complexity index is 593. The van der Waals surface area contributed by atoms with Crippen LogP contribution in [0.4, 0.5) is 5.69 Å². The lowest BCUT2D eigenvalue weighted by Crippen LogP contribution is -2.15. The first-order chi connectivity index (χ1) is 9.72. The lowest BCUT2D eigenvalue weighted by Gasteiger charge is -2.13. The Kier molecular flexibility index (Phi) is 4.77. The topological polar surface area (TPSA) is 55.1 Å². The Balaban J connectivity index is 2.15. The Morgan fingerprint density at radius 1 is 1.05 bits per heavy atom. The van der Waals surface area contributed by atoms with Gasteiger partial charge in [-0.1, -0.05) is 49.7 Å². The van der Waals surface area contributed by atoms with Crippen LogP contribution in [0.1, 0.15) is 34.8 Å². The van der Waals surface area contributed by atoms with Gasteiger partial charge in [-0.25, -0.2) is 0 Å². The van der Waals surface area contributed by atoms with Crippen molar-refractivity contribution in [2.45, 2.75) is 26.3 Å². The quantitative estimate of drug-likeness (QED) is 0.844. The van der Waals surface area contributed by atoms with Gasteiger partial charge in [0.05, 0.1) is 0 Å². The van der Waals surface area contributed by atoms with E-state index in [1.807, 2.05) is 30.3 Å². The van der Waals surface area contributed by atoms with E-state index in [-0.39, 0.29) is 5.91 Å². The van der Waals surface area contributed by atoms with E-state index in [0.717, 1.165) is 24.1 Å². The molecule has 3 nitrogen and oxygen atoms in total. The van der Waals surface area contributed by atoms with E-state index >= 15 is 0 Å². The van der Waals surface area contributed by atoms with Crippen LogP contribution in [0.5, 0.6) is 0 Å². The van der Waals surface area contributed by atoms with Crippen molar-refractivity contribution in [1.29, 1.82) is 0 Å². The number of nitrogens with one attached hydrogen (secondary N) is 1. The molecule has 2 aromatic rings. The van der Waals surface area contributed by atoms with E-state index in [4.69, 9.17) is 5.73 Å². The number of carbonyl (C=O) groups excluding carboxylic acids is 1. The molecule has 2 aromatic carbocycles. The van der Waals surface area contributed by atoms with Gasteiger partial charge in [0.1, 0.15) is 0 Å². The van der Waals surface area contributed by atoms with Crippen molar-refractivity contribution >= 4 is 11.6 Å². The number of anilines is 1. The molecule has 0 saturated carbocycles. The maximum absolute atomic E-state index is 11.4. The molecule has 20 heavy (non-hydrogen) atoms. The molecule has 0 spiro atoms. The molecule has 0 radical (unpaired) electrons. The molecule has 0 atom stereocenters. The molecule has 3 N–H and O–H groups in total. The third-order valence-corrected chi connectivity index (χ3v) is 3.29. The molecule has 0 unspecified atom stereocenters. The Morgan fingerprint density at radius 3 is 2.40 bits per heavy atom. The third kappa shape index (κ3) is 3.38. The van der Waals surface area contributed by atoms with Gasteiger partial charge in [-0.05, 0) is 29.7 Å². The highest BCUT2D eigenvalue weighted by atomic mass is 16.1. The van der Waals surface area contributed by atoms with Crippen LogP contribution in [-0.2, 0) is 13.0 Å². The normalized spacial score (nSPS) is 10.2. The van der Waals surface area contributed by atoms with Gasteiger partial charge in [0.25, 0.3) is 0 Å². The molecule has 3 heteroatoms. The van der Waals surface area contributed by atoms with Crippen LogP contribution in [-0.4, -0.2) is 5.91 Å². The van der Waals surface area contributed by atoms with Gasteiger partial charge in [0, 0.05) is 17.8 Å². The van der Waals surface area contributed by atoms with Gasteiger partial charge in [-0.3, -0.25) is 4.79 Å². The molecule has 0 aliphatic rings. The Labute approximate surface area is 119 Å². The van der Waals surface area contributed by atoms with Gasteiger partial charge in [0.15, 0.2) is 0 Å². The summed E-state index contributed by atoms with van der Waals surface area (Å²) in [6.07, 6.45) is 2.15. The van der Waals surface area contributed by atoms with E-state index in [2.05, 4.69) is 24.4 Å². The van der Waals surface area contributed by atoms with E-state index in [1.165, 1.54) is 5.56 Å². The van der Waals surface area contributed by atoms with Crippen LogP contribution in [0.2, 0.25) is 0 Å². The van der Waals surface area contributed by atoms with Crippen LogP contribution in [0.25, 0.3) is 0 Å². The number of hydrogen-bond acceptors (Lipinski definition) is 2. The fourth-order valence-corrected chi connectivity index (χ4v) is 2.29. The van der Waals surface area contributed by atoms with Gasteiger partial charge in [-0.2, -0.15) is 0 Å². The number of amides is 1. The predicted molar refractivity (Wildman–Crippen MR) is 82.7 cm³/mol. The fraction of sp³-hybridized carbons (Fsp3) is 0.235. The zero-order chi connectivity index (χ0) is 14.4. The van der Waals surface area contributed by atoms with Crippen molar-refractivity contribution in [3.8, 4) is 0 Å². The molecule has 0 heterocycles. The summed E-state index contributed by atoms with van der Waals surface area (Å²) in [5.41, 5.74) is 9.31. The van der Waals surface area contributed by atoms with Crippen molar-refractivity contribution in [2.75, 3.05) is 5.32 Å². The lowest BCUT2D eigenvalue weighted by molar-refractivity contribution is 0.0999. The van der Waals surface area contributed by atoms with E-state index in [1.54, 1.807) is 6.07 Å². The van der Waals surface area contributed by atoms with Crippen molar-refractivity contribution in [3.05, 3.63) is 65.2 Å². The second-order valence-corrected chi connectivity index (χ2v) is 4.78. The SMILES string of the molecule is CCCc1ccccc1NCc1ccccc1C(N)=O. The van der Waals surface area contributed by atoms with Gasteiger partial charge in [-0.15, -0.1) is 0 Å². The van der Waals surface area contributed by atoms with Crippen molar-refractivity contribution in [3.63, 3.8) is 0 Å². The largest absolute Gasteiger partial charge is 0.381 e. The molecule has 1 amide bonds. The van der Waals surface area contributed by atoms with Crippen LogP contribution in [0.3, 0.4) is 0 Å². The smallest absolute Gasteiger partial charge is 0.249 e. The van der Waals surface area contributed by atoms with Crippen LogP contribution < -0.4 is 11.1 Å². The monoisotopic (exact) mass is 268 g/mol. The summed E-state index contributed by atoms with van der Waals surface area (Å²) in [5.74, 6) is -0.385. The zero-order valence-corrected chi connectivity index (χ0v) is 11.7. The molecule has 0 aromatic heterocycles. The molecule has 104 valence electrons. The van der Waals surface area contributed by atoms with Gasteiger partial charge < -0.3 is 11.1 Å². The number of para-hydroxylation sites is 1. The molecule has 0 aliphatic heterocycles. The summed E-state index contributed by atoms with van der Waals surface area (Å²) < 4.78 is 0. The summed E-state index contributed by atoms with van der Waals surface area (Å²) in [7, 11) is 0. The summed E-state index contributed by atoms with van der Waals surface area (Å²) in [6.45, 7) is 2.76. The molecular formula is C17H20N2O. The van der Waals surface area contributed by atoms with E-state index in [0.29, 0.717) is 12.1 Å². The Hall–Kier alpha value is -2.29. The molecule has 0 saturated heterocycles. The second-order valence-electron chi connectivity index (χ2n) is 4.78. The minimum Gasteiger partial charge on any atom is -0.381 e. The summed E-state index contributed by atoms with van der Waals surface area (Å²) in [5, 5.41) is 3.40. The van der Waals surface area contributed by atoms with Gasteiger partial charge >= 0.3 is 0 Å². The number of hydrogen-bond donors (Lipinski definition) is 2. The predicted octanol–water partition coefficient (Wildman–Crippen LogP) is 3.35. The minimum absolute atomic E-state index is 0.385. The standard InChI is InChI=1S/C17H20N2O/c1-2-7-13-8-4-6-11-16(13)19-12-14-9-3-5-10-15(14)17(18)20/h3-6,8-11,19H,2,7,12H2,1H3,(H2,18,20). The number of nitrogens with two attached hydrogens (primary N) is 1. The third-order valence-electron chi connectivity index (χ3n) is 3.29. The first-order valence-electron chi connectivity index (χ1n) is 6.92.